The first-order valence-electron chi connectivity index (χ1n) is 7.77. The van der Waals surface area contributed by atoms with Crippen molar-refractivity contribution in [2.24, 2.45) is 0 Å². The lowest BCUT2D eigenvalue weighted by Gasteiger charge is -2.07. The highest BCUT2D eigenvalue weighted by Crippen LogP contribution is 2.28. The van der Waals surface area contributed by atoms with Gasteiger partial charge in [0.1, 0.15) is 11.7 Å². The van der Waals surface area contributed by atoms with Gasteiger partial charge in [-0.3, -0.25) is 14.2 Å². The fourth-order valence-electron chi connectivity index (χ4n) is 2.18. The van der Waals surface area contributed by atoms with Gasteiger partial charge < -0.3 is 10.4 Å². The van der Waals surface area contributed by atoms with Crippen molar-refractivity contribution in [2.45, 2.75) is 39.0 Å². The van der Waals surface area contributed by atoms with Crippen LogP contribution >= 0.6 is 0 Å². The molecule has 1 unspecified atom stereocenters. The van der Waals surface area contributed by atoms with Crippen molar-refractivity contribution >= 4 is 11.9 Å². The van der Waals surface area contributed by atoms with Crippen LogP contribution in [0.2, 0.25) is 0 Å². The number of carboxylic acids is 1. The van der Waals surface area contributed by atoms with E-state index >= 15 is 0 Å². The van der Waals surface area contributed by atoms with E-state index in [0.717, 1.165) is 10.7 Å². The number of nitrogens with zero attached hydrogens (tertiary/aromatic N) is 4. The number of aromatic nitrogens is 4. The zero-order valence-corrected chi connectivity index (χ0v) is 14.1. The second-order valence-corrected chi connectivity index (χ2v) is 5.70. The smallest absolute Gasteiger partial charge is 0.435 e. The molecule has 2 heterocycles. The molecule has 142 valence electrons. The third-order valence-electron chi connectivity index (χ3n) is 3.70. The molecule has 0 bridgehead atoms. The highest BCUT2D eigenvalue weighted by Gasteiger charge is 2.34. The summed E-state index contributed by atoms with van der Waals surface area (Å²) in [5.41, 5.74) is -0.505. The van der Waals surface area contributed by atoms with Crippen molar-refractivity contribution in [1.82, 2.24) is 24.9 Å². The third-order valence-corrected chi connectivity index (χ3v) is 3.70. The van der Waals surface area contributed by atoms with Crippen molar-refractivity contribution in [3.63, 3.8) is 0 Å². The number of carbonyl (C=O) groups excluding carboxylic acids is 1. The lowest BCUT2D eigenvalue weighted by molar-refractivity contribution is -0.142. The zero-order chi connectivity index (χ0) is 19.5. The summed E-state index contributed by atoms with van der Waals surface area (Å²) in [5, 5.41) is 18.9. The fourth-order valence-corrected chi connectivity index (χ4v) is 2.18. The Morgan fingerprint density at radius 3 is 2.62 bits per heavy atom. The molecule has 2 aromatic rings. The van der Waals surface area contributed by atoms with Crippen LogP contribution in [-0.2, 0) is 17.5 Å². The Morgan fingerprint density at radius 1 is 1.35 bits per heavy atom. The van der Waals surface area contributed by atoms with E-state index in [4.69, 9.17) is 5.11 Å². The van der Waals surface area contributed by atoms with Gasteiger partial charge in [0.15, 0.2) is 5.69 Å². The van der Waals surface area contributed by atoms with E-state index in [1.165, 1.54) is 30.8 Å². The van der Waals surface area contributed by atoms with Gasteiger partial charge in [-0.15, -0.1) is 0 Å². The van der Waals surface area contributed by atoms with Crippen LogP contribution < -0.4 is 5.32 Å². The van der Waals surface area contributed by atoms with Crippen LogP contribution in [0.1, 0.15) is 41.3 Å². The molecular formula is C15H18F3N5O3. The summed E-state index contributed by atoms with van der Waals surface area (Å²) >= 11 is 0. The van der Waals surface area contributed by atoms with Gasteiger partial charge >= 0.3 is 12.1 Å². The number of halogens is 3. The van der Waals surface area contributed by atoms with Gasteiger partial charge in [0, 0.05) is 25.0 Å². The normalized spacial score (nSPS) is 12.8. The quantitative estimate of drug-likeness (QED) is 0.722. The van der Waals surface area contributed by atoms with Gasteiger partial charge in [-0.1, -0.05) is 0 Å². The predicted molar refractivity (Wildman–Crippen MR) is 83.5 cm³/mol. The molecule has 0 aliphatic heterocycles. The molecule has 0 spiro atoms. The fraction of sp³-hybridized carbons (Fsp3) is 0.467. The minimum Gasteiger partial charge on any atom is -0.480 e. The molecule has 26 heavy (non-hydrogen) atoms. The first-order valence-corrected chi connectivity index (χ1v) is 7.77. The molecule has 0 aliphatic rings. The van der Waals surface area contributed by atoms with E-state index in [1.807, 2.05) is 0 Å². The maximum atomic E-state index is 12.6. The Balaban J connectivity index is 1.84. The molecule has 0 aromatic carbocycles. The van der Waals surface area contributed by atoms with Crippen LogP contribution in [0.3, 0.4) is 0 Å². The Morgan fingerprint density at radius 2 is 2.04 bits per heavy atom. The summed E-state index contributed by atoms with van der Waals surface area (Å²) < 4.78 is 40.2. The van der Waals surface area contributed by atoms with Gasteiger partial charge in [0.05, 0.1) is 0 Å². The molecule has 2 rings (SSSR count). The molecule has 0 radical (unpaired) electrons. The summed E-state index contributed by atoms with van der Waals surface area (Å²) in [6, 6.07) is 1.46. The van der Waals surface area contributed by atoms with E-state index in [2.05, 4.69) is 15.5 Å². The van der Waals surface area contributed by atoms with Crippen LogP contribution in [0.15, 0.2) is 18.3 Å². The van der Waals surface area contributed by atoms with Crippen molar-refractivity contribution in [3.05, 3.63) is 35.4 Å². The molecule has 2 N–H and O–H groups in total. The van der Waals surface area contributed by atoms with Gasteiger partial charge in [-0.05, 0) is 32.4 Å². The minimum absolute atomic E-state index is 0.0627. The molecule has 11 heteroatoms. The average Bonchev–Trinajstić information content (AvgIpc) is 3.17. The molecule has 0 saturated heterocycles. The van der Waals surface area contributed by atoms with E-state index < -0.39 is 29.8 Å². The van der Waals surface area contributed by atoms with E-state index in [0.29, 0.717) is 12.1 Å². The summed E-state index contributed by atoms with van der Waals surface area (Å²) in [5.74, 6) is -1.57. The maximum Gasteiger partial charge on any atom is 0.435 e. The van der Waals surface area contributed by atoms with Crippen molar-refractivity contribution in [2.75, 3.05) is 6.54 Å². The number of amides is 1. The first-order chi connectivity index (χ1) is 12.1. The highest BCUT2D eigenvalue weighted by atomic mass is 19.4. The zero-order valence-electron chi connectivity index (χ0n) is 14.1. The van der Waals surface area contributed by atoms with E-state index in [-0.39, 0.29) is 18.8 Å². The van der Waals surface area contributed by atoms with Gasteiger partial charge in [-0.25, -0.2) is 4.79 Å². The average molecular weight is 373 g/mol. The predicted octanol–water partition coefficient (Wildman–Crippen LogP) is 1.87. The van der Waals surface area contributed by atoms with E-state index in [1.54, 1.807) is 0 Å². The number of hydrogen-bond acceptors (Lipinski definition) is 4. The second kappa shape index (κ2) is 7.58. The number of carboxylic acid groups (broad SMARTS) is 1. The van der Waals surface area contributed by atoms with Crippen molar-refractivity contribution in [1.29, 1.82) is 0 Å². The summed E-state index contributed by atoms with van der Waals surface area (Å²) in [7, 11) is 0. The number of rotatable bonds is 7. The number of carbonyl (C=O) groups is 2. The van der Waals surface area contributed by atoms with Crippen molar-refractivity contribution in [3.8, 4) is 0 Å². The van der Waals surface area contributed by atoms with Crippen LogP contribution in [0.25, 0.3) is 0 Å². The number of alkyl halides is 3. The molecular weight excluding hydrogens is 355 g/mol. The third kappa shape index (κ3) is 4.61. The highest BCUT2D eigenvalue weighted by molar-refractivity contribution is 5.92. The molecule has 1 amide bonds. The van der Waals surface area contributed by atoms with Gasteiger partial charge in [0.25, 0.3) is 5.91 Å². The van der Waals surface area contributed by atoms with Gasteiger partial charge in [0.2, 0.25) is 0 Å². The minimum atomic E-state index is -4.49. The Kier molecular flexibility index (Phi) is 5.68. The number of nitrogens with one attached hydrogen (secondary N) is 1. The van der Waals surface area contributed by atoms with Crippen molar-refractivity contribution < 1.29 is 27.9 Å². The monoisotopic (exact) mass is 373 g/mol. The molecule has 1 atom stereocenters. The topological polar surface area (TPSA) is 102 Å². The SMILES string of the molecule is Cc1cc(C(F)(F)F)nn1CCCNC(=O)c1ccn(C(C)C(=O)O)n1. The Labute approximate surface area is 146 Å². The number of aliphatic carboxylic acids is 1. The van der Waals surface area contributed by atoms with Crippen LogP contribution in [0, 0.1) is 6.92 Å². The van der Waals surface area contributed by atoms with Crippen LogP contribution in [0.4, 0.5) is 13.2 Å². The van der Waals surface area contributed by atoms with E-state index in [9.17, 15) is 22.8 Å². The van der Waals surface area contributed by atoms with Gasteiger partial charge in [-0.2, -0.15) is 23.4 Å². The molecule has 2 aromatic heterocycles. The summed E-state index contributed by atoms with van der Waals surface area (Å²) in [4.78, 5) is 22.8. The summed E-state index contributed by atoms with van der Waals surface area (Å²) in [6.45, 7) is 3.38. The molecule has 0 saturated carbocycles. The molecule has 0 aliphatic carbocycles. The molecule has 8 nitrogen and oxygen atoms in total. The maximum absolute atomic E-state index is 12.6. The number of aryl methyl sites for hydroxylation is 2. The van der Waals surface area contributed by atoms with Crippen LogP contribution in [-0.4, -0.2) is 43.1 Å². The lowest BCUT2D eigenvalue weighted by Crippen LogP contribution is -2.26. The lowest BCUT2D eigenvalue weighted by atomic mass is 10.3. The molecule has 0 fully saturated rings. The summed E-state index contributed by atoms with van der Waals surface area (Å²) in [6.07, 6.45) is -2.73. The first kappa shape index (κ1) is 19.5. The standard InChI is InChI=1S/C15H18F3N5O3/c1-9-8-12(15(16,17)18)21-22(9)6-3-5-19-13(24)11-4-7-23(20-11)10(2)14(25)26/h4,7-8,10H,3,5-6H2,1-2H3,(H,19,24)(H,25,26). The van der Waals surface area contributed by atoms with Crippen LogP contribution in [0.5, 0.6) is 0 Å². The Hall–Kier alpha value is -2.85. The second-order valence-electron chi connectivity index (χ2n) is 5.70. The largest absolute Gasteiger partial charge is 0.480 e. The number of hydrogen-bond donors (Lipinski definition) is 2. The Bertz CT molecular complexity index is 797.